The van der Waals surface area contributed by atoms with Crippen molar-refractivity contribution >= 4 is 17.4 Å². The van der Waals surface area contributed by atoms with E-state index in [0.29, 0.717) is 6.54 Å². The predicted molar refractivity (Wildman–Crippen MR) is 93.0 cm³/mol. The van der Waals surface area contributed by atoms with E-state index in [0.717, 1.165) is 43.9 Å². The molecule has 0 aromatic heterocycles. The number of carbonyl (C=O) groups is 2. The Morgan fingerprint density at radius 2 is 1.74 bits per heavy atom. The van der Waals surface area contributed by atoms with Crippen LogP contribution in [0.4, 0.5) is 5.69 Å². The lowest BCUT2D eigenvalue weighted by molar-refractivity contribution is -0.122. The fourth-order valence-corrected chi connectivity index (χ4v) is 2.70. The highest BCUT2D eigenvalue weighted by Gasteiger charge is 2.19. The van der Waals surface area contributed by atoms with Crippen LogP contribution in [-0.2, 0) is 4.79 Å². The molecule has 1 saturated heterocycles. The van der Waals surface area contributed by atoms with Crippen molar-refractivity contribution in [2.75, 3.05) is 37.6 Å². The number of nitrogens with zero attached hydrogens (tertiary/aromatic N) is 2. The molecule has 1 aromatic carbocycles. The van der Waals surface area contributed by atoms with Crippen LogP contribution in [0.25, 0.3) is 0 Å². The number of ketones is 1. The highest BCUT2D eigenvalue weighted by molar-refractivity contribution is 5.94. The number of benzene rings is 1. The molecule has 0 unspecified atom stereocenters. The summed E-state index contributed by atoms with van der Waals surface area (Å²) in [6, 6.07) is 8.00. The standard InChI is InChI=1S/C18H27N3O2/c1-4-14(2)19-18(23)13-20-9-11-21(12-10-20)17-7-5-16(6-8-17)15(3)22/h5-8,14H,4,9-13H2,1-3H3,(H,19,23)/t14-/m0/s1. The molecule has 0 aliphatic carbocycles. The molecule has 126 valence electrons. The van der Waals surface area contributed by atoms with Crippen LogP contribution >= 0.6 is 0 Å². The molecule has 1 amide bonds. The summed E-state index contributed by atoms with van der Waals surface area (Å²) >= 11 is 0. The molecule has 23 heavy (non-hydrogen) atoms. The highest BCUT2D eigenvalue weighted by Crippen LogP contribution is 2.17. The number of Topliss-reactive ketones (excluding diaryl/α,β-unsaturated/α-hetero) is 1. The van der Waals surface area contributed by atoms with Gasteiger partial charge in [-0.2, -0.15) is 0 Å². The molecule has 2 rings (SSSR count). The van der Waals surface area contributed by atoms with Crippen molar-refractivity contribution in [3.63, 3.8) is 0 Å². The number of hydrogen-bond acceptors (Lipinski definition) is 4. The van der Waals surface area contributed by atoms with E-state index >= 15 is 0 Å². The number of nitrogens with one attached hydrogen (secondary N) is 1. The number of rotatable bonds is 6. The quantitative estimate of drug-likeness (QED) is 0.815. The van der Waals surface area contributed by atoms with Crippen molar-refractivity contribution < 1.29 is 9.59 Å². The summed E-state index contributed by atoms with van der Waals surface area (Å²) in [5.41, 5.74) is 1.88. The summed E-state index contributed by atoms with van der Waals surface area (Å²) < 4.78 is 0. The summed E-state index contributed by atoms with van der Waals surface area (Å²) in [4.78, 5) is 27.7. The highest BCUT2D eigenvalue weighted by atomic mass is 16.2. The summed E-state index contributed by atoms with van der Waals surface area (Å²) in [5, 5.41) is 3.01. The fourth-order valence-electron chi connectivity index (χ4n) is 2.70. The first-order chi connectivity index (χ1) is 11.0. The van der Waals surface area contributed by atoms with Gasteiger partial charge < -0.3 is 10.2 Å². The molecule has 5 heteroatoms. The largest absolute Gasteiger partial charge is 0.369 e. The zero-order chi connectivity index (χ0) is 16.8. The lowest BCUT2D eigenvalue weighted by Crippen LogP contribution is -2.50. The minimum absolute atomic E-state index is 0.0914. The normalized spacial score (nSPS) is 16.9. The lowest BCUT2D eigenvalue weighted by Gasteiger charge is -2.36. The molecule has 1 aliphatic heterocycles. The van der Waals surface area contributed by atoms with E-state index < -0.39 is 0 Å². The van der Waals surface area contributed by atoms with Crippen molar-refractivity contribution in [1.29, 1.82) is 0 Å². The van der Waals surface area contributed by atoms with Crippen LogP contribution in [0.2, 0.25) is 0 Å². The Labute approximate surface area is 138 Å². The van der Waals surface area contributed by atoms with Gasteiger partial charge in [0.15, 0.2) is 5.78 Å². The SMILES string of the molecule is CC[C@H](C)NC(=O)CN1CCN(c2ccc(C(C)=O)cc2)CC1. The number of hydrogen-bond donors (Lipinski definition) is 1. The summed E-state index contributed by atoms with van der Waals surface area (Å²) in [6.07, 6.45) is 0.954. The average Bonchev–Trinajstić information content (AvgIpc) is 2.55. The molecule has 0 radical (unpaired) electrons. The van der Waals surface area contributed by atoms with Gasteiger partial charge in [-0.05, 0) is 44.5 Å². The van der Waals surface area contributed by atoms with Gasteiger partial charge in [-0.15, -0.1) is 0 Å². The van der Waals surface area contributed by atoms with Gasteiger partial charge in [0.05, 0.1) is 6.54 Å². The molecule has 0 spiro atoms. The second-order valence-corrected chi connectivity index (χ2v) is 6.24. The van der Waals surface area contributed by atoms with Crippen LogP contribution in [-0.4, -0.2) is 55.4 Å². The van der Waals surface area contributed by atoms with Gasteiger partial charge in [-0.3, -0.25) is 14.5 Å². The molecule has 1 heterocycles. The minimum atomic E-state index is 0.0914. The number of amides is 1. The third-order valence-corrected chi connectivity index (χ3v) is 4.40. The summed E-state index contributed by atoms with van der Waals surface area (Å²) in [6.45, 7) is 9.71. The van der Waals surface area contributed by atoms with E-state index in [1.165, 1.54) is 0 Å². The first-order valence-corrected chi connectivity index (χ1v) is 8.37. The molecule has 0 saturated carbocycles. The number of carbonyl (C=O) groups excluding carboxylic acids is 2. The van der Waals surface area contributed by atoms with Crippen LogP contribution in [0, 0.1) is 0 Å². The van der Waals surface area contributed by atoms with E-state index in [1.807, 2.05) is 31.2 Å². The first-order valence-electron chi connectivity index (χ1n) is 8.37. The van der Waals surface area contributed by atoms with Crippen molar-refractivity contribution in [1.82, 2.24) is 10.2 Å². The Kier molecular flexibility index (Phi) is 6.16. The summed E-state index contributed by atoms with van der Waals surface area (Å²) in [7, 11) is 0. The van der Waals surface area contributed by atoms with Crippen molar-refractivity contribution in [2.45, 2.75) is 33.2 Å². The Hall–Kier alpha value is -1.88. The molecular weight excluding hydrogens is 290 g/mol. The third kappa shape index (κ3) is 5.06. The van der Waals surface area contributed by atoms with Gasteiger partial charge in [0.1, 0.15) is 0 Å². The van der Waals surface area contributed by atoms with Crippen molar-refractivity contribution in [2.24, 2.45) is 0 Å². The second kappa shape index (κ2) is 8.11. The van der Waals surface area contributed by atoms with Crippen LogP contribution < -0.4 is 10.2 Å². The molecule has 5 nitrogen and oxygen atoms in total. The van der Waals surface area contributed by atoms with Gasteiger partial charge >= 0.3 is 0 Å². The van der Waals surface area contributed by atoms with Crippen molar-refractivity contribution in [3.05, 3.63) is 29.8 Å². The van der Waals surface area contributed by atoms with E-state index in [-0.39, 0.29) is 17.7 Å². The lowest BCUT2D eigenvalue weighted by atomic mass is 10.1. The van der Waals surface area contributed by atoms with E-state index in [9.17, 15) is 9.59 Å². The van der Waals surface area contributed by atoms with E-state index in [1.54, 1.807) is 6.92 Å². The maximum absolute atomic E-state index is 11.9. The smallest absolute Gasteiger partial charge is 0.234 e. The second-order valence-electron chi connectivity index (χ2n) is 6.24. The first kappa shape index (κ1) is 17.5. The molecule has 1 aromatic rings. The van der Waals surface area contributed by atoms with Crippen LogP contribution in [0.3, 0.4) is 0 Å². The van der Waals surface area contributed by atoms with Gasteiger partial charge in [-0.1, -0.05) is 6.92 Å². The Bertz CT molecular complexity index is 534. The van der Waals surface area contributed by atoms with Gasteiger partial charge in [-0.25, -0.2) is 0 Å². The number of piperazine rings is 1. The van der Waals surface area contributed by atoms with E-state index in [2.05, 4.69) is 22.0 Å². The Morgan fingerprint density at radius 3 is 2.26 bits per heavy atom. The Balaban J connectivity index is 1.81. The number of anilines is 1. The molecular formula is C18H27N3O2. The van der Waals surface area contributed by atoms with E-state index in [4.69, 9.17) is 0 Å². The van der Waals surface area contributed by atoms with Gasteiger partial charge in [0.2, 0.25) is 5.91 Å². The summed E-state index contributed by atoms with van der Waals surface area (Å²) in [5.74, 6) is 0.201. The fraction of sp³-hybridized carbons (Fsp3) is 0.556. The maximum Gasteiger partial charge on any atom is 0.234 e. The molecule has 1 atom stereocenters. The molecule has 0 bridgehead atoms. The predicted octanol–water partition coefficient (Wildman–Crippen LogP) is 1.93. The van der Waals surface area contributed by atoms with Crippen molar-refractivity contribution in [3.8, 4) is 0 Å². The van der Waals surface area contributed by atoms with Crippen LogP contribution in [0.1, 0.15) is 37.6 Å². The zero-order valence-corrected chi connectivity index (χ0v) is 14.3. The third-order valence-electron chi connectivity index (χ3n) is 4.40. The van der Waals surface area contributed by atoms with Crippen LogP contribution in [0.5, 0.6) is 0 Å². The minimum Gasteiger partial charge on any atom is -0.369 e. The topological polar surface area (TPSA) is 52.7 Å². The monoisotopic (exact) mass is 317 g/mol. The average molecular weight is 317 g/mol. The molecule has 1 aliphatic rings. The van der Waals surface area contributed by atoms with Gasteiger partial charge in [0, 0.05) is 43.5 Å². The molecule has 1 N–H and O–H groups in total. The van der Waals surface area contributed by atoms with Gasteiger partial charge in [0.25, 0.3) is 0 Å². The maximum atomic E-state index is 11.9. The molecule has 1 fully saturated rings. The zero-order valence-electron chi connectivity index (χ0n) is 14.3. The van der Waals surface area contributed by atoms with Crippen LogP contribution in [0.15, 0.2) is 24.3 Å². The Morgan fingerprint density at radius 1 is 1.13 bits per heavy atom.